The molecule has 1 heterocycles. The minimum absolute atomic E-state index is 0.354. The third kappa shape index (κ3) is 5.30. The van der Waals surface area contributed by atoms with Crippen molar-refractivity contribution >= 4 is 22.9 Å². The van der Waals surface area contributed by atoms with Crippen molar-refractivity contribution in [2.24, 2.45) is 0 Å². The van der Waals surface area contributed by atoms with Gasteiger partial charge in [0.05, 0.1) is 10.9 Å². The number of hydrogen-bond acceptors (Lipinski definition) is 3. The summed E-state index contributed by atoms with van der Waals surface area (Å²) in [5.41, 5.74) is 0. The summed E-state index contributed by atoms with van der Waals surface area (Å²) >= 11 is 7.52. The molecule has 0 aromatic carbocycles. The number of rotatable bonds is 8. The molecule has 4 heteroatoms. The van der Waals surface area contributed by atoms with E-state index < -0.39 is 0 Å². The first-order valence-corrected chi connectivity index (χ1v) is 7.00. The summed E-state index contributed by atoms with van der Waals surface area (Å²) in [4.78, 5) is 1.28. The number of unbranched alkanes of at least 4 members (excludes halogenated alkanes) is 1. The second kappa shape index (κ2) is 8.07. The van der Waals surface area contributed by atoms with Crippen molar-refractivity contribution in [1.82, 2.24) is 5.32 Å². The summed E-state index contributed by atoms with van der Waals surface area (Å²) in [5, 5.41) is 3.42. The fraction of sp³-hybridized carbons (Fsp3) is 0.667. The number of nitrogens with one attached hydrogen (secondary N) is 1. The van der Waals surface area contributed by atoms with Gasteiger partial charge in [-0.3, -0.25) is 0 Å². The van der Waals surface area contributed by atoms with E-state index in [1.165, 1.54) is 11.3 Å². The minimum Gasteiger partial charge on any atom is -0.380 e. The highest BCUT2D eigenvalue weighted by molar-refractivity contribution is 7.16. The third-order valence-corrected chi connectivity index (χ3v) is 3.77. The maximum atomic E-state index is 5.89. The largest absolute Gasteiger partial charge is 0.380 e. The predicted molar refractivity (Wildman–Crippen MR) is 71.5 cm³/mol. The fourth-order valence-electron chi connectivity index (χ4n) is 1.36. The highest BCUT2D eigenvalue weighted by Gasteiger charge is 2.06. The lowest BCUT2D eigenvalue weighted by molar-refractivity contribution is 0.131. The van der Waals surface area contributed by atoms with E-state index in [9.17, 15) is 0 Å². The summed E-state index contributed by atoms with van der Waals surface area (Å²) in [6, 6.07) is 4.37. The number of halogens is 1. The van der Waals surface area contributed by atoms with Gasteiger partial charge in [-0.05, 0) is 25.5 Å². The van der Waals surface area contributed by atoms with Crippen molar-refractivity contribution < 1.29 is 4.74 Å². The summed E-state index contributed by atoms with van der Waals surface area (Å²) in [5.74, 6) is 0. The predicted octanol–water partition coefficient (Wildman–Crippen LogP) is 3.87. The van der Waals surface area contributed by atoms with Crippen LogP contribution in [-0.4, -0.2) is 19.8 Å². The highest BCUT2D eigenvalue weighted by atomic mass is 35.5. The molecule has 92 valence electrons. The second-order valence-electron chi connectivity index (χ2n) is 3.78. The molecule has 2 nitrogen and oxygen atoms in total. The molecule has 1 N–H and O–H groups in total. The number of ether oxygens (including phenoxy) is 1. The molecule has 0 saturated heterocycles. The lowest BCUT2D eigenvalue weighted by atomic mass is 10.3. The third-order valence-electron chi connectivity index (χ3n) is 2.36. The van der Waals surface area contributed by atoms with E-state index in [0.29, 0.717) is 6.04 Å². The van der Waals surface area contributed by atoms with Gasteiger partial charge in [-0.2, -0.15) is 0 Å². The van der Waals surface area contributed by atoms with Gasteiger partial charge in [0.25, 0.3) is 0 Å². The van der Waals surface area contributed by atoms with E-state index >= 15 is 0 Å². The van der Waals surface area contributed by atoms with Crippen LogP contribution in [0, 0.1) is 0 Å². The average Bonchev–Trinajstić information content (AvgIpc) is 2.70. The summed E-state index contributed by atoms with van der Waals surface area (Å²) in [6.45, 7) is 6.86. The summed E-state index contributed by atoms with van der Waals surface area (Å²) < 4.78 is 6.33. The van der Waals surface area contributed by atoms with Crippen molar-refractivity contribution in [3.8, 4) is 0 Å². The molecule has 0 fully saturated rings. The van der Waals surface area contributed by atoms with E-state index in [0.717, 1.165) is 30.5 Å². The van der Waals surface area contributed by atoms with Gasteiger partial charge in [0.1, 0.15) is 0 Å². The Morgan fingerprint density at radius 3 is 2.88 bits per heavy atom. The molecule has 0 spiro atoms. The maximum Gasteiger partial charge on any atom is 0.0931 e. The van der Waals surface area contributed by atoms with Crippen LogP contribution in [0.2, 0.25) is 4.34 Å². The molecular weight excluding hydrogens is 242 g/mol. The van der Waals surface area contributed by atoms with Gasteiger partial charge in [-0.25, -0.2) is 0 Å². The van der Waals surface area contributed by atoms with Crippen LogP contribution in [0.25, 0.3) is 0 Å². The van der Waals surface area contributed by atoms with Crippen LogP contribution in [0.5, 0.6) is 0 Å². The molecule has 1 rings (SSSR count). The molecule has 0 saturated carbocycles. The van der Waals surface area contributed by atoms with Crippen LogP contribution in [0.4, 0.5) is 0 Å². The molecule has 1 aromatic heterocycles. The highest BCUT2D eigenvalue weighted by Crippen LogP contribution is 2.26. The Bertz CT molecular complexity index is 290. The minimum atomic E-state index is 0.354. The molecule has 0 aliphatic carbocycles. The van der Waals surface area contributed by atoms with Crippen LogP contribution in [0.15, 0.2) is 12.1 Å². The van der Waals surface area contributed by atoms with Crippen LogP contribution >= 0.6 is 22.9 Å². The van der Waals surface area contributed by atoms with Crippen LogP contribution in [0.1, 0.15) is 37.6 Å². The zero-order chi connectivity index (χ0) is 11.8. The van der Waals surface area contributed by atoms with Gasteiger partial charge < -0.3 is 10.1 Å². The van der Waals surface area contributed by atoms with Gasteiger partial charge in [0.15, 0.2) is 0 Å². The SMILES string of the molecule is CCCCOCCNC(C)c1ccc(Cl)s1. The van der Waals surface area contributed by atoms with Gasteiger partial charge in [0.2, 0.25) is 0 Å². The van der Waals surface area contributed by atoms with Gasteiger partial charge >= 0.3 is 0 Å². The summed E-state index contributed by atoms with van der Waals surface area (Å²) in [7, 11) is 0. The first-order chi connectivity index (χ1) is 7.74. The molecule has 0 bridgehead atoms. The topological polar surface area (TPSA) is 21.3 Å². The van der Waals surface area contributed by atoms with Crippen LogP contribution in [0.3, 0.4) is 0 Å². The first kappa shape index (κ1) is 14.0. The maximum absolute atomic E-state index is 5.89. The monoisotopic (exact) mass is 261 g/mol. The molecule has 0 radical (unpaired) electrons. The molecule has 0 aliphatic heterocycles. The summed E-state index contributed by atoms with van der Waals surface area (Å²) in [6.07, 6.45) is 2.34. The lowest BCUT2D eigenvalue weighted by Crippen LogP contribution is -2.22. The van der Waals surface area contributed by atoms with Gasteiger partial charge in [-0.15, -0.1) is 11.3 Å². The smallest absolute Gasteiger partial charge is 0.0931 e. The molecule has 1 atom stereocenters. The van der Waals surface area contributed by atoms with E-state index in [1.54, 1.807) is 11.3 Å². The van der Waals surface area contributed by atoms with E-state index in [4.69, 9.17) is 16.3 Å². The van der Waals surface area contributed by atoms with E-state index in [1.807, 2.05) is 6.07 Å². The molecule has 16 heavy (non-hydrogen) atoms. The second-order valence-corrected chi connectivity index (χ2v) is 5.53. The lowest BCUT2D eigenvalue weighted by Gasteiger charge is -2.11. The Morgan fingerprint density at radius 1 is 1.44 bits per heavy atom. The van der Waals surface area contributed by atoms with Crippen molar-refractivity contribution in [1.29, 1.82) is 0 Å². The molecular formula is C12H20ClNOS. The van der Waals surface area contributed by atoms with Crippen molar-refractivity contribution in [3.63, 3.8) is 0 Å². The van der Waals surface area contributed by atoms with Crippen LogP contribution < -0.4 is 5.32 Å². The molecule has 0 amide bonds. The standard InChI is InChI=1S/C12H20ClNOS/c1-3-4-8-15-9-7-14-10(2)11-5-6-12(13)16-11/h5-6,10,14H,3-4,7-9H2,1-2H3. The Morgan fingerprint density at radius 2 is 2.25 bits per heavy atom. The zero-order valence-electron chi connectivity index (χ0n) is 9.96. The first-order valence-electron chi connectivity index (χ1n) is 5.80. The Labute approximate surface area is 107 Å². The quantitative estimate of drug-likeness (QED) is 0.718. The Balaban J connectivity index is 2.09. The number of hydrogen-bond donors (Lipinski definition) is 1. The van der Waals surface area contributed by atoms with E-state index in [2.05, 4.69) is 25.2 Å². The van der Waals surface area contributed by atoms with Gasteiger partial charge in [0, 0.05) is 24.1 Å². The zero-order valence-corrected chi connectivity index (χ0v) is 11.5. The van der Waals surface area contributed by atoms with Crippen LogP contribution in [-0.2, 0) is 4.74 Å². The Hall–Kier alpha value is -0.0900. The van der Waals surface area contributed by atoms with E-state index in [-0.39, 0.29) is 0 Å². The van der Waals surface area contributed by atoms with Crippen molar-refractivity contribution in [2.45, 2.75) is 32.7 Å². The fourth-order valence-corrected chi connectivity index (χ4v) is 2.45. The Kier molecular flexibility index (Phi) is 7.05. The van der Waals surface area contributed by atoms with Crippen molar-refractivity contribution in [3.05, 3.63) is 21.3 Å². The normalized spacial score (nSPS) is 12.9. The molecule has 1 unspecified atom stereocenters. The molecule has 1 aromatic rings. The number of thiophene rings is 1. The van der Waals surface area contributed by atoms with Gasteiger partial charge in [-0.1, -0.05) is 24.9 Å². The van der Waals surface area contributed by atoms with Crippen molar-refractivity contribution in [2.75, 3.05) is 19.8 Å². The average molecular weight is 262 g/mol. The molecule has 0 aliphatic rings.